The molecule has 0 spiro atoms. The summed E-state index contributed by atoms with van der Waals surface area (Å²) in [4.78, 5) is 0.137. The molecule has 0 radical (unpaired) electrons. The molecule has 0 bridgehead atoms. The average molecular weight is 348 g/mol. The molecule has 1 heterocycles. The summed E-state index contributed by atoms with van der Waals surface area (Å²) in [5.41, 5.74) is 12.9. The van der Waals surface area contributed by atoms with Crippen molar-refractivity contribution in [1.82, 2.24) is 9.78 Å². The highest BCUT2D eigenvalue weighted by Crippen LogP contribution is 2.33. The van der Waals surface area contributed by atoms with Gasteiger partial charge in [-0.2, -0.15) is 5.10 Å². The number of aromatic nitrogens is 2. The minimum atomic E-state index is -0.0202. The first-order chi connectivity index (χ1) is 9.36. The van der Waals surface area contributed by atoms with E-state index in [4.69, 9.17) is 46.9 Å². The van der Waals surface area contributed by atoms with Crippen LogP contribution in [0.15, 0.2) is 17.0 Å². The van der Waals surface area contributed by atoms with Gasteiger partial charge >= 0.3 is 16.6 Å². The molecule has 0 aliphatic carbocycles. The van der Waals surface area contributed by atoms with Crippen molar-refractivity contribution in [2.75, 3.05) is 5.73 Å². The third-order valence-corrected chi connectivity index (χ3v) is 3.90. The summed E-state index contributed by atoms with van der Waals surface area (Å²) in [6.45, 7) is 1.85. The van der Waals surface area contributed by atoms with Crippen molar-refractivity contribution in [1.29, 1.82) is 0 Å². The lowest BCUT2D eigenvalue weighted by atomic mass is 10.2. The number of aryl methyl sites for hydroxylation is 1. The number of rotatable bonds is 3. The summed E-state index contributed by atoms with van der Waals surface area (Å²) in [6, 6.07) is 3.43. The molecule has 5 nitrogen and oxygen atoms in total. The number of nitrogens with two attached hydrogens (primary N) is 2. The lowest BCUT2D eigenvalue weighted by Crippen LogP contribution is -2.12. The van der Waals surface area contributed by atoms with Crippen LogP contribution in [0.5, 0.6) is 0 Å². The number of nitrogens with zero attached hydrogens (tertiary/aromatic N) is 2. The van der Waals surface area contributed by atoms with Crippen molar-refractivity contribution in [3.05, 3.63) is 33.4 Å². The number of hydrogen-bond donors (Lipinski definition) is 2. The minimum absolute atomic E-state index is 0.0202. The van der Waals surface area contributed by atoms with Gasteiger partial charge in [-0.1, -0.05) is 35.4 Å². The predicted molar refractivity (Wildman–Crippen MR) is 84.9 cm³/mol. The number of nitrogen functional groups attached to an aromatic ring is 1. The van der Waals surface area contributed by atoms with Crippen molar-refractivity contribution < 1.29 is 4.21 Å². The predicted octanol–water partition coefficient (Wildman–Crippen LogP) is 2.49. The summed E-state index contributed by atoms with van der Waals surface area (Å²) >= 11 is 17.4. The van der Waals surface area contributed by atoms with Gasteiger partial charge in [0.1, 0.15) is 10.7 Å². The van der Waals surface area contributed by atoms with Gasteiger partial charge in [-0.25, -0.2) is 4.68 Å². The summed E-state index contributed by atoms with van der Waals surface area (Å²) in [6.07, 6.45) is 0. The Balaban J connectivity index is 2.78. The largest absolute Gasteiger partial charge is 0.511 e. The third kappa shape index (κ3) is 2.49. The van der Waals surface area contributed by atoms with Crippen LogP contribution in [-0.4, -0.2) is 14.8 Å². The van der Waals surface area contributed by atoms with Gasteiger partial charge in [-0.15, -0.1) is 0 Å². The Kier molecular flexibility index (Phi) is 4.24. The molecular formula is C11H9Cl2N4OS2+. The molecule has 1 aromatic heterocycles. The van der Waals surface area contributed by atoms with Gasteiger partial charge in [0, 0.05) is 4.21 Å². The standard InChI is InChI=1S/C11H8Cl2N4OS2/c1-4-2-5(12)8(6(13)3-4)17-10(14)9(20-18)7(16-17)11(15)19/h2-3H,1H3,(H3-,14,15,16,18,19)/p+1. The number of hydrogen-bond acceptors (Lipinski definition) is 4. The van der Waals surface area contributed by atoms with E-state index in [1.165, 1.54) is 4.68 Å². The number of benzene rings is 1. The van der Waals surface area contributed by atoms with Crippen LogP contribution in [0.1, 0.15) is 11.3 Å². The Labute approximate surface area is 134 Å². The van der Waals surface area contributed by atoms with Gasteiger partial charge in [0.25, 0.3) is 0 Å². The van der Waals surface area contributed by atoms with Crippen LogP contribution in [0.25, 0.3) is 5.69 Å². The zero-order valence-electron chi connectivity index (χ0n) is 10.2. The maximum Gasteiger partial charge on any atom is 0.511 e. The van der Waals surface area contributed by atoms with Crippen molar-refractivity contribution in [2.45, 2.75) is 11.8 Å². The molecule has 0 aliphatic heterocycles. The summed E-state index contributed by atoms with van der Waals surface area (Å²) < 4.78 is 12.4. The first kappa shape index (κ1) is 15.1. The van der Waals surface area contributed by atoms with Gasteiger partial charge in [0.05, 0.1) is 10.0 Å². The molecule has 0 saturated heterocycles. The van der Waals surface area contributed by atoms with Crippen LogP contribution in [-0.2, 0) is 15.9 Å². The molecule has 0 amide bonds. The molecule has 2 aromatic rings. The molecule has 1 aromatic carbocycles. The van der Waals surface area contributed by atoms with E-state index >= 15 is 0 Å². The zero-order chi connectivity index (χ0) is 15.0. The fraction of sp³-hybridized carbons (Fsp3) is 0.0909. The summed E-state index contributed by atoms with van der Waals surface area (Å²) in [5.74, 6) is 0.0976. The van der Waals surface area contributed by atoms with E-state index in [2.05, 4.69) is 5.10 Å². The van der Waals surface area contributed by atoms with Crippen LogP contribution in [0, 0.1) is 6.92 Å². The van der Waals surface area contributed by atoms with Crippen molar-refractivity contribution in [3.8, 4) is 5.69 Å². The highest BCUT2D eigenvalue weighted by Gasteiger charge is 2.30. The fourth-order valence-corrected chi connectivity index (χ4v) is 3.09. The number of anilines is 1. The van der Waals surface area contributed by atoms with E-state index in [-0.39, 0.29) is 33.1 Å². The maximum absolute atomic E-state index is 11.1. The zero-order valence-corrected chi connectivity index (χ0v) is 13.3. The smallest absolute Gasteiger partial charge is 0.388 e. The molecular weight excluding hydrogens is 339 g/mol. The monoisotopic (exact) mass is 347 g/mol. The molecule has 0 saturated carbocycles. The SMILES string of the molecule is Cc1cc(Cl)c(-n2nc(C(N)=S)c([S+]=O)c2N)c(Cl)c1. The van der Waals surface area contributed by atoms with E-state index in [1.807, 2.05) is 6.92 Å². The normalized spacial score (nSPS) is 10.6. The first-order valence-electron chi connectivity index (χ1n) is 5.31. The summed E-state index contributed by atoms with van der Waals surface area (Å²) in [5, 5.41) is 4.86. The Morgan fingerprint density at radius 2 is 1.95 bits per heavy atom. The quantitative estimate of drug-likeness (QED) is 0.657. The van der Waals surface area contributed by atoms with Crippen molar-refractivity contribution in [2.24, 2.45) is 5.73 Å². The Bertz CT molecular complexity index is 706. The molecule has 0 atom stereocenters. The molecule has 0 unspecified atom stereocenters. The maximum atomic E-state index is 11.1. The van der Waals surface area contributed by atoms with Crippen LogP contribution in [0.2, 0.25) is 10.0 Å². The van der Waals surface area contributed by atoms with E-state index in [1.54, 1.807) is 12.1 Å². The van der Waals surface area contributed by atoms with Crippen LogP contribution in [0.3, 0.4) is 0 Å². The van der Waals surface area contributed by atoms with E-state index < -0.39 is 0 Å². The molecule has 20 heavy (non-hydrogen) atoms. The van der Waals surface area contributed by atoms with Crippen LogP contribution >= 0.6 is 35.4 Å². The molecule has 0 fully saturated rings. The fourth-order valence-electron chi connectivity index (χ4n) is 1.73. The van der Waals surface area contributed by atoms with E-state index in [0.717, 1.165) is 5.56 Å². The molecule has 4 N–H and O–H groups in total. The Hall–Kier alpha value is -1.28. The second-order valence-corrected chi connectivity index (χ2v) is 5.83. The van der Waals surface area contributed by atoms with Crippen LogP contribution in [0.4, 0.5) is 5.82 Å². The van der Waals surface area contributed by atoms with Gasteiger partial charge < -0.3 is 11.5 Å². The van der Waals surface area contributed by atoms with Crippen LogP contribution < -0.4 is 11.5 Å². The second-order valence-electron chi connectivity index (χ2n) is 4.00. The van der Waals surface area contributed by atoms with E-state index in [9.17, 15) is 4.21 Å². The Morgan fingerprint density at radius 3 is 2.35 bits per heavy atom. The molecule has 0 aliphatic rings. The Morgan fingerprint density at radius 1 is 1.40 bits per heavy atom. The summed E-state index contributed by atoms with van der Waals surface area (Å²) in [7, 11) is 0. The molecule has 9 heteroatoms. The van der Waals surface area contributed by atoms with Crippen molar-refractivity contribution in [3.63, 3.8) is 0 Å². The minimum Gasteiger partial charge on any atom is -0.388 e. The topological polar surface area (TPSA) is 86.9 Å². The van der Waals surface area contributed by atoms with Gasteiger partial charge in [-0.3, -0.25) is 0 Å². The number of halogens is 2. The van der Waals surface area contributed by atoms with Gasteiger partial charge in [-0.05, 0) is 24.6 Å². The first-order valence-corrected chi connectivity index (χ1v) is 7.21. The molecule has 2 rings (SSSR count). The highest BCUT2D eigenvalue weighted by molar-refractivity contribution is 7.80. The lowest BCUT2D eigenvalue weighted by molar-refractivity contribution is 0.605. The van der Waals surface area contributed by atoms with Crippen molar-refractivity contribution >= 4 is 57.9 Å². The third-order valence-electron chi connectivity index (χ3n) is 2.57. The lowest BCUT2D eigenvalue weighted by Gasteiger charge is -2.09. The average Bonchev–Trinajstić information content (AvgIpc) is 2.65. The van der Waals surface area contributed by atoms with Gasteiger partial charge in [0.2, 0.25) is 0 Å². The highest BCUT2D eigenvalue weighted by atomic mass is 35.5. The molecule has 104 valence electrons. The number of thiocarbonyl (C=S) groups is 1. The van der Waals surface area contributed by atoms with E-state index in [0.29, 0.717) is 15.7 Å². The second kappa shape index (κ2) is 5.61. The van der Waals surface area contributed by atoms with Gasteiger partial charge in [0.15, 0.2) is 11.5 Å².